The molecule has 12 heteroatoms. The number of carboxylic acids is 1. The lowest BCUT2D eigenvalue weighted by Crippen LogP contribution is -2.62. The van der Waals surface area contributed by atoms with E-state index >= 15 is 0 Å². The average Bonchev–Trinajstić information content (AvgIpc) is 2.86. The third-order valence-electron chi connectivity index (χ3n) is 5.75. The van der Waals surface area contributed by atoms with Gasteiger partial charge < -0.3 is 42.1 Å². The molecule has 0 spiro atoms. The second-order valence-electron chi connectivity index (χ2n) is 9.02. The topological polar surface area (TPSA) is 211 Å². The summed E-state index contributed by atoms with van der Waals surface area (Å²) in [5.74, 6) is -4.05. The van der Waals surface area contributed by atoms with E-state index in [1.54, 1.807) is 24.3 Å². The van der Waals surface area contributed by atoms with Crippen LogP contribution in [0.1, 0.15) is 25.0 Å². The zero-order valence-corrected chi connectivity index (χ0v) is 21.1. The van der Waals surface area contributed by atoms with E-state index in [4.69, 9.17) is 5.73 Å². The number of carboxylic acid groups (broad SMARTS) is 1. The first kappa shape index (κ1) is 30.2. The second kappa shape index (κ2) is 14.1. The molecule has 6 atom stereocenters. The van der Waals surface area contributed by atoms with E-state index in [0.717, 1.165) is 5.56 Å². The van der Waals surface area contributed by atoms with Gasteiger partial charge in [0.1, 0.15) is 23.9 Å². The van der Waals surface area contributed by atoms with Crippen LogP contribution in [-0.2, 0) is 32.0 Å². The number of phenolic OH excluding ortho intramolecular Hbond substituents is 1. The van der Waals surface area contributed by atoms with Gasteiger partial charge in [0.15, 0.2) is 0 Å². The fourth-order valence-corrected chi connectivity index (χ4v) is 3.60. The van der Waals surface area contributed by atoms with Crippen LogP contribution in [0.3, 0.4) is 0 Å². The number of hydrogen-bond acceptors (Lipinski definition) is 8. The Bertz CT molecular complexity index is 1090. The monoisotopic (exact) mass is 530 g/mol. The SMILES string of the molecule is CC(O)C(NC(=O)C(N)Cc1ccccc1)C(=O)NC(C(=O)NC(Cc1ccc(O)cc1)C(=O)O)C(C)O. The first-order valence-corrected chi connectivity index (χ1v) is 12.0. The summed E-state index contributed by atoms with van der Waals surface area (Å²) in [6, 6.07) is 9.11. The van der Waals surface area contributed by atoms with Gasteiger partial charge in [0.25, 0.3) is 0 Å². The zero-order chi connectivity index (χ0) is 28.4. The van der Waals surface area contributed by atoms with E-state index in [-0.39, 0.29) is 18.6 Å². The molecule has 3 amide bonds. The second-order valence-corrected chi connectivity index (χ2v) is 9.02. The number of hydrogen-bond donors (Lipinski definition) is 8. The molecule has 0 radical (unpaired) electrons. The normalized spacial score (nSPS) is 15.7. The number of phenols is 1. The van der Waals surface area contributed by atoms with Crippen LogP contribution in [0.2, 0.25) is 0 Å². The van der Waals surface area contributed by atoms with Crippen molar-refractivity contribution in [2.45, 2.75) is 63.1 Å². The summed E-state index contributed by atoms with van der Waals surface area (Å²) in [6.07, 6.45) is -2.79. The molecular formula is C26H34N4O8. The van der Waals surface area contributed by atoms with E-state index < -0.39 is 60.1 Å². The van der Waals surface area contributed by atoms with Gasteiger partial charge in [-0.25, -0.2) is 4.79 Å². The maximum absolute atomic E-state index is 12.9. The molecule has 2 rings (SSSR count). The number of carbonyl (C=O) groups is 4. The van der Waals surface area contributed by atoms with Crippen molar-refractivity contribution in [2.75, 3.05) is 0 Å². The van der Waals surface area contributed by atoms with E-state index in [9.17, 15) is 39.6 Å². The highest BCUT2D eigenvalue weighted by Crippen LogP contribution is 2.12. The van der Waals surface area contributed by atoms with Crippen LogP contribution in [0.15, 0.2) is 54.6 Å². The number of nitrogens with one attached hydrogen (secondary N) is 3. The van der Waals surface area contributed by atoms with Crippen LogP contribution in [0, 0.1) is 0 Å². The van der Waals surface area contributed by atoms with Crippen molar-refractivity contribution in [3.05, 3.63) is 65.7 Å². The predicted octanol–water partition coefficient (Wildman–Crippen LogP) is -1.19. The van der Waals surface area contributed by atoms with Gasteiger partial charge >= 0.3 is 5.97 Å². The summed E-state index contributed by atoms with van der Waals surface area (Å²) >= 11 is 0. The van der Waals surface area contributed by atoms with Gasteiger partial charge in [0.2, 0.25) is 17.7 Å². The molecule has 6 unspecified atom stereocenters. The van der Waals surface area contributed by atoms with Crippen LogP contribution in [0.5, 0.6) is 5.75 Å². The van der Waals surface area contributed by atoms with Crippen LogP contribution in [0.25, 0.3) is 0 Å². The molecule has 0 aliphatic heterocycles. The van der Waals surface area contributed by atoms with E-state index in [0.29, 0.717) is 5.56 Å². The Hall–Kier alpha value is -4.00. The van der Waals surface area contributed by atoms with Crippen LogP contribution < -0.4 is 21.7 Å². The number of nitrogens with two attached hydrogens (primary N) is 1. The smallest absolute Gasteiger partial charge is 0.326 e. The Labute approximate surface area is 219 Å². The molecule has 2 aromatic rings. The van der Waals surface area contributed by atoms with Gasteiger partial charge in [0.05, 0.1) is 18.2 Å². The van der Waals surface area contributed by atoms with Gasteiger partial charge in [0, 0.05) is 6.42 Å². The number of rotatable bonds is 13. The standard InChI is InChI=1S/C26H34N4O8/c1-14(31)21(24(35)28-20(26(37)38)13-17-8-10-18(33)11-9-17)30-25(36)22(15(2)32)29-23(34)19(27)12-16-6-4-3-5-7-16/h3-11,14-15,19-22,31-33H,12-13,27H2,1-2H3,(H,28,35)(H,29,34)(H,30,36)(H,37,38). The highest BCUT2D eigenvalue weighted by molar-refractivity contribution is 5.94. The number of amides is 3. The average molecular weight is 531 g/mol. The lowest BCUT2D eigenvalue weighted by Gasteiger charge is -2.27. The lowest BCUT2D eigenvalue weighted by atomic mass is 10.0. The lowest BCUT2D eigenvalue weighted by molar-refractivity contribution is -0.143. The van der Waals surface area contributed by atoms with E-state index in [1.165, 1.54) is 38.1 Å². The Morgan fingerprint density at radius 1 is 0.737 bits per heavy atom. The summed E-state index contributed by atoms with van der Waals surface area (Å²) in [5.41, 5.74) is 7.25. The van der Waals surface area contributed by atoms with Crippen molar-refractivity contribution >= 4 is 23.7 Å². The van der Waals surface area contributed by atoms with E-state index in [2.05, 4.69) is 16.0 Å². The van der Waals surface area contributed by atoms with Gasteiger partial charge in [-0.2, -0.15) is 0 Å². The number of aliphatic carboxylic acids is 1. The zero-order valence-electron chi connectivity index (χ0n) is 21.1. The van der Waals surface area contributed by atoms with Crippen LogP contribution >= 0.6 is 0 Å². The quantitative estimate of drug-likeness (QED) is 0.156. The summed E-state index contributed by atoms with van der Waals surface area (Å²) in [7, 11) is 0. The van der Waals surface area contributed by atoms with Crippen molar-refractivity contribution in [1.29, 1.82) is 0 Å². The van der Waals surface area contributed by atoms with Crippen molar-refractivity contribution in [2.24, 2.45) is 5.73 Å². The molecule has 12 nitrogen and oxygen atoms in total. The molecule has 0 aromatic heterocycles. The molecule has 38 heavy (non-hydrogen) atoms. The molecule has 2 aromatic carbocycles. The molecule has 0 heterocycles. The first-order valence-electron chi connectivity index (χ1n) is 12.0. The molecule has 0 saturated carbocycles. The van der Waals surface area contributed by atoms with Gasteiger partial charge in [-0.3, -0.25) is 14.4 Å². The van der Waals surface area contributed by atoms with Gasteiger partial charge in [-0.1, -0.05) is 42.5 Å². The highest BCUT2D eigenvalue weighted by Gasteiger charge is 2.34. The molecule has 9 N–H and O–H groups in total. The predicted molar refractivity (Wildman–Crippen MR) is 137 cm³/mol. The largest absolute Gasteiger partial charge is 0.508 e. The minimum atomic E-state index is -1.60. The maximum atomic E-state index is 12.9. The van der Waals surface area contributed by atoms with Crippen LogP contribution in [0.4, 0.5) is 0 Å². The summed E-state index contributed by atoms with van der Waals surface area (Å²) in [6.45, 7) is 2.47. The summed E-state index contributed by atoms with van der Waals surface area (Å²) < 4.78 is 0. The first-order chi connectivity index (χ1) is 17.9. The van der Waals surface area contributed by atoms with Crippen molar-refractivity contribution in [3.8, 4) is 5.75 Å². The Balaban J connectivity index is 2.07. The highest BCUT2D eigenvalue weighted by atomic mass is 16.4. The number of aliphatic hydroxyl groups excluding tert-OH is 2. The number of benzene rings is 2. The molecular weight excluding hydrogens is 496 g/mol. The van der Waals surface area contributed by atoms with Gasteiger partial charge in [-0.15, -0.1) is 0 Å². The van der Waals surface area contributed by atoms with Crippen molar-refractivity contribution in [1.82, 2.24) is 16.0 Å². The van der Waals surface area contributed by atoms with Crippen LogP contribution in [-0.4, -0.2) is 80.5 Å². The third-order valence-corrected chi connectivity index (χ3v) is 5.75. The minimum Gasteiger partial charge on any atom is -0.508 e. The fraction of sp³-hybridized carbons (Fsp3) is 0.385. The molecule has 0 bridgehead atoms. The Morgan fingerprint density at radius 3 is 1.71 bits per heavy atom. The van der Waals surface area contributed by atoms with Crippen molar-refractivity contribution < 1.29 is 39.6 Å². The molecule has 0 saturated heterocycles. The summed E-state index contributed by atoms with van der Waals surface area (Å²) in [5, 5.41) is 46.1. The Kier molecular flexibility index (Phi) is 11.2. The minimum absolute atomic E-state index is 0.0117. The molecule has 0 aliphatic carbocycles. The number of carbonyl (C=O) groups excluding carboxylic acids is 3. The molecule has 0 aliphatic rings. The fourth-order valence-electron chi connectivity index (χ4n) is 3.60. The number of aliphatic hydroxyl groups is 2. The molecule has 206 valence electrons. The third kappa shape index (κ3) is 9.14. The van der Waals surface area contributed by atoms with E-state index in [1.807, 2.05) is 6.07 Å². The van der Waals surface area contributed by atoms with Crippen molar-refractivity contribution in [3.63, 3.8) is 0 Å². The Morgan fingerprint density at radius 2 is 1.21 bits per heavy atom. The maximum Gasteiger partial charge on any atom is 0.326 e. The number of aromatic hydroxyl groups is 1. The van der Waals surface area contributed by atoms with Gasteiger partial charge in [-0.05, 0) is 43.5 Å². The summed E-state index contributed by atoms with van der Waals surface area (Å²) in [4.78, 5) is 50.1. The molecule has 0 fully saturated rings.